The zero-order valence-electron chi connectivity index (χ0n) is 10.8. The predicted octanol–water partition coefficient (Wildman–Crippen LogP) is 0.895. The van der Waals surface area contributed by atoms with Crippen LogP contribution in [-0.4, -0.2) is 30.6 Å². The first kappa shape index (κ1) is 15.0. The largest absolute Gasteiger partial charge is 0.495 e. The van der Waals surface area contributed by atoms with Gasteiger partial charge < -0.3 is 20.9 Å². The number of anilines is 1. The first-order valence-corrected chi connectivity index (χ1v) is 5.97. The van der Waals surface area contributed by atoms with Crippen LogP contribution in [0.4, 0.5) is 5.69 Å². The van der Waals surface area contributed by atoms with Crippen molar-refractivity contribution in [3.8, 4) is 5.75 Å². The Morgan fingerprint density at radius 3 is 2.68 bits per heavy atom. The highest BCUT2D eigenvalue weighted by Crippen LogP contribution is 2.25. The molecule has 0 aromatic heterocycles. The number of nitrogens with one attached hydrogen (secondary N) is 1. The molecule has 1 aromatic rings. The van der Waals surface area contributed by atoms with Crippen LogP contribution in [0.5, 0.6) is 5.75 Å². The molecule has 0 fully saturated rings. The Balaban J connectivity index is 2.77. The predicted molar refractivity (Wildman–Crippen MR) is 71.1 cm³/mol. The van der Waals surface area contributed by atoms with E-state index in [9.17, 15) is 9.59 Å². The molecule has 6 heteroatoms. The van der Waals surface area contributed by atoms with Gasteiger partial charge in [-0.15, -0.1) is 0 Å². The fourth-order valence-corrected chi connectivity index (χ4v) is 1.57. The molecule has 1 rings (SSSR count). The van der Waals surface area contributed by atoms with Gasteiger partial charge in [0.1, 0.15) is 5.75 Å². The average Bonchev–Trinajstić information content (AvgIpc) is 2.38. The van der Waals surface area contributed by atoms with E-state index in [0.29, 0.717) is 36.3 Å². The minimum absolute atomic E-state index is 0.0633. The fourth-order valence-electron chi connectivity index (χ4n) is 1.57. The summed E-state index contributed by atoms with van der Waals surface area (Å²) in [7, 11) is 1.47. The van der Waals surface area contributed by atoms with E-state index in [2.05, 4.69) is 5.32 Å². The Labute approximate surface area is 111 Å². The zero-order chi connectivity index (χ0) is 14.3. The van der Waals surface area contributed by atoms with Gasteiger partial charge in [0.2, 0.25) is 11.8 Å². The number of rotatable bonds is 7. The number of primary amides is 1. The van der Waals surface area contributed by atoms with Crippen LogP contribution in [0.15, 0.2) is 18.2 Å². The molecule has 0 aliphatic carbocycles. The summed E-state index contributed by atoms with van der Waals surface area (Å²) in [4.78, 5) is 22.8. The second-order valence-electron chi connectivity index (χ2n) is 4.01. The number of benzene rings is 1. The zero-order valence-corrected chi connectivity index (χ0v) is 10.8. The molecule has 0 bridgehead atoms. The molecule has 2 amide bonds. The maximum atomic E-state index is 11.7. The Morgan fingerprint density at radius 2 is 2.11 bits per heavy atom. The summed E-state index contributed by atoms with van der Waals surface area (Å²) >= 11 is 0. The van der Waals surface area contributed by atoms with Crippen molar-refractivity contribution < 1.29 is 19.4 Å². The number of unbranched alkanes of at least 4 members (excludes halogenated alkanes) is 1. The average molecular weight is 266 g/mol. The van der Waals surface area contributed by atoms with E-state index < -0.39 is 5.91 Å². The van der Waals surface area contributed by atoms with Crippen LogP contribution in [0.1, 0.15) is 29.6 Å². The fraction of sp³-hybridized carbons (Fsp3) is 0.385. The number of carbonyl (C=O) groups excluding carboxylic acids is 2. The lowest BCUT2D eigenvalue weighted by atomic mass is 10.1. The summed E-state index contributed by atoms with van der Waals surface area (Å²) in [6.07, 6.45) is 1.47. The number of hydrogen-bond donors (Lipinski definition) is 3. The van der Waals surface area contributed by atoms with E-state index in [1.54, 1.807) is 6.07 Å². The Morgan fingerprint density at radius 1 is 1.37 bits per heavy atom. The molecule has 1 aromatic carbocycles. The second-order valence-corrected chi connectivity index (χ2v) is 4.01. The molecular weight excluding hydrogens is 248 g/mol. The molecule has 0 spiro atoms. The highest BCUT2D eigenvalue weighted by molar-refractivity contribution is 5.97. The summed E-state index contributed by atoms with van der Waals surface area (Å²) in [5.41, 5.74) is 5.89. The van der Waals surface area contributed by atoms with Crippen LogP contribution < -0.4 is 15.8 Å². The lowest BCUT2D eigenvalue weighted by molar-refractivity contribution is -0.116. The molecule has 0 unspecified atom stereocenters. The first-order chi connectivity index (χ1) is 9.08. The maximum absolute atomic E-state index is 11.7. The molecule has 0 aliphatic rings. The van der Waals surface area contributed by atoms with Crippen molar-refractivity contribution in [2.24, 2.45) is 5.73 Å². The number of ether oxygens (including phenoxy) is 1. The summed E-state index contributed by atoms with van der Waals surface area (Å²) < 4.78 is 5.10. The third-order valence-corrected chi connectivity index (χ3v) is 2.57. The highest BCUT2D eigenvalue weighted by Gasteiger charge is 2.10. The molecule has 19 heavy (non-hydrogen) atoms. The number of carbonyl (C=O) groups is 2. The van der Waals surface area contributed by atoms with Gasteiger partial charge in [0, 0.05) is 18.6 Å². The van der Waals surface area contributed by atoms with Crippen LogP contribution in [-0.2, 0) is 4.79 Å². The van der Waals surface area contributed by atoms with E-state index >= 15 is 0 Å². The van der Waals surface area contributed by atoms with Gasteiger partial charge in [0.25, 0.3) is 0 Å². The number of nitrogens with two attached hydrogens (primary N) is 1. The Hall–Kier alpha value is -2.08. The quantitative estimate of drug-likeness (QED) is 0.638. The second kappa shape index (κ2) is 7.38. The third-order valence-electron chi connectivity index (χ3n) is 2.57. The van der Waals surface area contributed by atoms with Gasteiger partial charge in [-0.25, -0.2) is 0 Å². The molecule has 0 heterocycles. The number of amides is 2. The lowest BCUT2D eigenvalue weighted by Crippen LogP contribution is -2.15. The Bertz CT molecular complexity index is 460. The van der Waals surface area contributed by atoms with Crippen molar-refractivity contribution in [2.75, 3.05) is 19.0 Å². The first-order valence-electron chi connectivity index (χ1n) is 5.97. The molecule has 6 nitrogen and oxygen atoms in total. The minimum atomic E-state index is -0.571. The molecule has 0 aliphatic heterocycles. The summed E-state index contributed by atoms with van der Waals surface area (Å²) in [5, 5.41) is 11.3. The topological polar surface area (TPSA) is 102 Å². The van der Waals surface area contributed by atoms with E-state index in [-0.39, 0.29) is 12.5 Å². The third kappa shape index (κ3) is 4.59. The van der Waals surface area contributed by atoms with Gasteiger partial charge in [0.15, 0.2) is 0 Å². The van der Waals surface area contributed by atoms with Crippen molar-refractivity contribution in [3.63, 3.8) is 0 Å². The summed E-state index contributed by atoms with van der Waals surface area (Å²) in [6, 6.07) is 4.58. The van der Waals surface area contributed by atoms with Crippen LogP contribution in [0, 0.1) is 0 Å². The highest BCUT2D eigenvalue weighted by atomic mass is 16.5. The molecule has 104 valence electrons. The van der Waals surface area contributed by atoms with Crippen molar-refractivity contribution in [1.29, 1.82) is 0 Å². The SMILES string of the molecule is COc1ccc(C(N)=O)cc1NC(=O)CCCCO. The van der Waals surface area contributed by atoms with Gasteiger partial charge in [0.05, 0.1) is 12.8 Å². The molecule has 0 saturated heterocycles. The minimum Gasteiger partial charge on any atom is -0.495 e. The van der Waals surface area contributed by atoms with Crippen molar-refractivity contribution in [3.05, 3.63) is 23.8 Å². The van der Waals surface area contributed by atoms with E-state index in [4.69, 9.17) is 15.6 Å². The summed E-state index contributed by atoms with van der Waals surface area (Å²) in [5.74, 6) is -0.313. The van der Waals surface area contributed by atoms with E-state index in [1.165, 1.54) is 19.2 Å². The monoisotopic (exact) mass is 266 g/mol. The number of aliphatic hydroxyl groups is 1. The number of aliphatic hydroxyl groups excluding tert-OH is 1. The van der Waals surface area contributed by atoms with Gasteiger partial charge in [-0.2, -0.15) is 0 Å². The van der Waals surface area contributed by atoms with E-state index in [0.717, 1.165) is 0 Å². The van der Waals surface area contributed by atoms with E-state index in [1.807, 2.05) is 0 Å². The Kier molecular flexibility index (Phi) is 5.81. The standard InChI is InChI=1S/C13H18N2O4/c1-19-11-6-5-9(13(14)18)8-10(11)15-12(17)4-2-3-7-16/h5-6,8,16H,2-4,7H2,1H3,(H2,14,18)(H,15,17). The molecule has 0 saturated carbocycles. The number of hydrogen-bond acceptors (Lipinski definition) is 4. The summed E-state index contributed by atoms with van der Waals surface area (Å²) in [6.45, 7) is 0.0633. The normalized spacial score (nSPS) is 10.0. The van der Waals surface area contributed by atoms with Crippen LogP contribution in [0.3, 0.4) is 0 Å². The maximum Gasteiger partial charge on any atom is 0.248 e. The van der Waals surface area contributed by atoms with Crippen molar-refractivity contribution >= 4 is 17.5 Å². The molecule has 4 N–H and O–H groups in total. The number of methoxy groups -OCH3 is 1. The van der Waals surface area contributed by atoms with Gasteiger partial charge in [-0.05, 0) is 31.0 Å². The molecule has 0 radical (unpaired) electrons. The van der Waals surface area contributed by atoms with Crippen LogP contribution >= 0.6 is 0 Å². The molecular formula is C13H18N2O4. The smallest absolute Gasteiger partial charge is 0.248 e. The van der Waals surface area contributed by atoms with Gasteiger partial charge in [-0.3, -0.25) is 9.59 Å². The van der Waals surface area contributed by atoms with Crippen molar-refractivity contribution in [2.45, 2.75) is 19.3 Å². The molecule has 0 atom stereocenters. The van der Waals surface area contributed by atoms with Crippen molar-refractivity contribution in [1.82, 2.24) is 0 Å². The lowest BCUT2D eigenvalue weighted by Gasteiger charge is -2.11. The van der Waals surface area contributed by atoms with Gasteiger partial charge >= 0.3 is 0 Å². The van der Waals surface area contributed by atoms with Gasteiger partial charge in [-0.1, -0.05) is 0 Å². The van der Waals surface area contributed by atoms with Crippen LogP contribution in [0.25, 0.3) is 0 Å². The van der Waals surface area contributed by atoms with Crippen LogP contribution in [0.2, 0.25) is 0 Å².